The molecule has 0 radical (unpaired) electrons. The van der Waals surface area contributed by atoms with E-state index in [1.165, 1.54) is 16.4 Å². The Morgan fingerprint density at radius 2 is 1.94 bits per heavy atom. The molecule has 0 aliphatic carbocycles. The quantitative estimate of drug-likeness (QED) is 0.542. The van der Waals surface area contributed by atoms with Gasteiger partial charge >= 0.3 is 0 Å². The third-order valence-corrected chi connectivity index (χ3v) is 2.75. The molecule has 0 spiro atoms. The van der Waals surface area contributed by atoms with Gasteiger partial charge in [0.1, 0.15) is 10.7 Å². The summed E-state index contributed by atoms with van der Waals surface area (Å²) in [6.07, 6.45) is 0. The summed E-state index contributed by atoms with van der Waals surface area (Å²) in [6, 6.07) is 0. The van der Waals surface area contributed by atoms with Crippen LogP contribution in [0, 0.1) is 0 Å². The van der Waals surface area contributed by atoms with Crippen LogP contribution in [0.5, 0.6) is 0 Å². The van der Waals surface area contributed by atoms with E-state index in [4.69, 9.17) is 11.5 Å². The van der Waals surface area contributed by atoms with Crippen LogP contribution < -0.4 is 16.8 Å². The van der Waals surface area contributed by atoms with Crippen molar-refractivity contribution in [3.63, 3.8) is 0 Å². The van der Waals surface area contributed by atoms with Crippen molar-refractivity contribution < 1.29 is 9.59 Å². The second-order valence-corrected chi connectivity index (χ2v) is 4.41. The predicted molar refractivity (Wildman–Crippen MR) is 67.7 cm³/mol. The van der Waals surface area contributed by atoms with E-state index in [1.807, 2.05) is 6.92 Å². The molecular weight excluding hydrogens is 256 g/mol. The molecule has 1 heterocycles. The maximum Gasteiger partial charge on any atom is 0.231 e. The van der Waals surface area contributed by atoms with Gasteiger partial charge in [-0.15, -0.1) is 5.10 Å². The number of primary amides is 2. The Bertz CT molecular complexity index is 405. The summed E-state index contributed by atoms with van der Waals surface area (Å²) >= 11 is 1.22. The molecule has 0 atom stereocenters. The Morgan fingerprint density at radius 1 is 1.33 bits per heavy atom. The van der Waals surface area contributed by atoms with Crippen LogP contribution in [0.3, 0.4) is 0 Å². The van der Waals surface area contributed by atoms with Gasteiger partial charge in [-0.2, -0.15) is 0 Å². The lowest BCUT2D eigenvalue weighted by atomic mass is 10.3. The minimum Gasteiger partial charge on any atom is -0.374 e. The number of hydrogen-bond donors (Lipinski definition) is 3. The third-order valence-electron chi connectivity index (χ3n) is 2.03. The number of nitrogens with zero attached hydrogens (tertiary/aromatic N) is 3. The number of rotatable bonds is 8. The monoisotopic (exact) mass is 272 g/mol. The number of carbonyl (C=O) groups excluding carboxylic acids is 2. The van der Waals surface area contributed by atoms with Gasteiger partial charge in [-0.25, -0.2) is 0 Å². The molecule has 9 heteroatoms. The zero-order valence-corrected chi connectivity index (χ0v) is 10.9. The zero-order chi connectivity index (χ0) is 13.5. The number of carbonyl (C=O) groups is 2. The summed E-state index contributed by atoms with van der Waals surface area (Å²) in [6.45, 7) is 2.89. The van der Waals surface area contributed by atoms with Crippen molar-refractivity contribution in [2.45, 2.75) is 13.5 Å². The molecule has 8 nitrogen and oxygen atoms in total. The summed E-state index contributed by atoms with van der Waals surface area (Å²) in [5.74, 6) is -1.05. The van der Waals surface area contributed by atoms with Crippen LogP contribution in [-0.2, 0) is 16.1 Å². The molecule has 0 saturated heterocycles. The lowest BCUT2D eigenvalue weighted by molar-refractivity contribution is -0.122. The SMILES string of the molecule is CCNc1snnc1CN(CC(N)=O)CC(N)=O. The molecule has 0 aliphatic heterocycles. The molecular formula is C9H16N6O2S. The Hall–Kier alpha value is -1.74. The van der Waals surface area contributed by atoms with E-state index in [0.29, 0.717) is 12.2 Å². The minimum absolute atomic E-state index is 0.0496. The van der Waals surface area contributed by atoms with Crippen molar-refractivity contribution in [1.82, 2.24) is 14.5 Å². The largest absolute Gasteiger partial charge is 0.374 e. The lowest BCUT2D eigenvalue weighted by Gasteiger charge is -2.17. The van der Waals surface area contributed by atoms with Gasteiger partial charge in [0.05, 0.1) is 13.1 Å². The average Bonchev–Trinajstić information content (AvgIpc) is 2.64. The highest BCUT2D eigenvalue weighted by molar-refractivity contribution is 7.10. The van der Waals surface area contributed by atoms with Gasteiger partial charge < -0.3 is 16.8 Å². The van der Waals surface area contributed by atoms with Crippen LogP contribution in [0.2, 0.25) is 0 Å². The summed E-state index contributed by atoms with van der Waals surface area (Å²) in [5.41, 5.74) is 10.9. The Kier molecular flexibility index (Phi) is 5.46. The lowest BCUT2D eigenvalue weighted by Crippen LogP contribution is -2.39. The zero-order valence-electron chi connectivity index (χ0n) is 10.0. The van der Waals surface area contributed by atoms with E-state index in [2.05, 4.69) is 14.9 Å². The van der Waals surface area contributed by atoms with E-state index in [0.717, 1.165) is 11.5 Å². The van der Waals surface area contributed by atoms with E-state index >= 15 is 0 Å². The number of amides is 2. The van der Waals surface area contributed by atoms with Crippen LogP contribution in [-0.4, -0.2) is 45.9 Å². The van der Waals surface area contributed by atoms with Crippen LogP contribution in [0.25, 0.3) is 0 Å². The second-order valence-electron chi connectivity index (χ2n) is 3.66. The van der Waals surface area contributed by atoms with Gasteiger partial charge in [0, 0.05) is 24.6 Å². The molecule has 1 aromatic heterocycles. The van der Waals surface area contributed by atoms with Crippen molar-refractivity contribution in [3.8, 4) is 0 Å². The third kappa shape index (κ3) is 4.63. The molecule has 1 rings (SSSR count). The highest BCUT2D eigenvalue weighted by Gasteiger charge is 2.16. The van der Waals surface area contributed by atoms with Crippen molar-refractivity contribution in [3.05, 3.63) is 5.69 Å². The van der Waals surface area contributed by atoms with Crippen LogP contribution >= 0.6 is 11.5 Å². The molecule has 18 heavy (non-hydrogen) atoms. The summed E-state index contributed by atoms with van der Waals surface area (Å²) in [7, 11) is 0. The van der Waals surface area contributed by atoms with Crippen molar-refractivity contribution >= 4 is 28.3 Å². The molecule has 0 unspecified atom stereocenters. The second kappa shape index (κ2) is 6.87. The minimum atomic E-state index is -0.524. The fraction of sp³-hybridized carbons (Fsp3) is 0.556. The summed E-state index contributed by atoms with van der Waals surface area (Å²) in [4.78, 5) is 23.3. The van der Waals surface area contributed by atoms with E-state index in [1.54, 1.807) is 0 Å². The van der Waals surface area contributed by atoms with Gasteiger partial charge in [-0.3, -0.25) is 14.5 Å². The first-order chi connectivity index (χ1) is 8.52. The van der Waals surface area contributed by atoms with Crippen molar-refractivity contribution in [1.29, 1.82) is 0 Å². The van der Waals surface area contributed by atoms with Crippen LogP contribution in [0.1, 0.15) is 12.6 Å². The number of aromatic nitrogens is 2. The van der Waals surface area contributed by atoms with Crippen molar-refractivity contribution in [2.75, 3.05) is 25.0 Å². The maximum atomic E-state index is 10.9. The molecule has 0 bridgehead atoms. The van der Waals surface area contributed by atoms with Crippen molar-refractivity contribution in [2.24, 2.45) is 11.5 Å². The van der Waals surface area contributed by atoms with Crippen LogP contribution in [0.4, 0.5) is 5.00 Å². The average molecular weight is 272 g/mol. The molecule has 5 N–H and O–H groups in total. The molecule has 0 saturated carbocycles. The highest BCUT2D eigenvalue weighted by Crippen LogP contribution is 2.18. The normalized spacial score (nSPS) is 10.6. The number of hydrogen-bond acceptors (Lipinski definition) is 7. The smallest absolute Gasteiger partial charge is 0.231 e. The molecule has 0 fully saturated rings. The molecule has 0 aromatic carbocycles. The Labute approximate surface area is 108 Å². The molecule has 1 aromatic rings. The van der Waals surface area contributed by atoms with Gasteiger partial charge in [0.2, 0.25) is 11.8 Å². The number of nitrogens with two attached hydrogens (primary N) is 2. The summed E-state index contributed by atoms with van der Waals surface area (Å²) < 4.78 is 3.82. The first kappa shape index (κ1) is 14.3. The van der Waals surface area contributed by atoms with E-state index in [9.17, 15) is 9.59 Å². The first-order valence-corrected chi connectivity index (χ1v) is 6.14. The summed E-state index contributed by atoms with van der Waals surface area (Å²) in [5, 5.41) is 7.87. The Morgan fingerprint density at radius 3 is 2.44 bits per heavy atom. The maximum absolute atomic E-state index is 10.9. The fourth-order valence-corrected chi connectivity index (χ4v) is 2.07. The molecule has 2 amide bonds. The van der Waals surface area contributed by atoms with Gasteiger partial charge in [0.15, 0.2) is 0 Å². The van der Waals surface area contributed by atoms with Gasteiger partial charge in [-0.1, -0.05) is 4.49 Å². The molecule has 100 valence electrons. The topological polar surface area (TPSA) is 127 Å². The number of anilines is 1. The van der Waals surface area contributed by atoms with E-state index < -0.39 is 11.8 Å². The Balaban J connectivity index is 2.71. The van der Waals surface area contributed by atoms with Gasteiger partial charge in [-0.05, 0) is 6.92 Å². The van der Waals surface area contributed by atoms with E-state index in [-0.39, 0.29) is 13.1 Å². The fourth-order valence-electron chi connectivity index (χ4n) is 1.43. The molecule has 0 aliphatic rings. The first-order valence-electron chi connectivity index (χ1n) is 5.37. The van der Waals surface area contributed by atoms with Crippen LogP contribution in [0.15, 0.2) is 0 Å². The number of nitrogens with one attached hydrogen (secondary N) is 1. The highest BCUT2D eigenvalue weighted by atomic mass is 32.1. The van der Waals surface area contributed by atoms with Gasteiger partial charge in [0.25, 0.3) is 0 Å². The predicted octanol–water partition coefficient (Wildman–Crippen LogP) is -1.26. The standard InChI is InChI=1S/C9H16N6O2S/c1-2-12-9-6(13-14-18-9)3-15(4-7(10)16)5-8(11)17/h12H,2-5H2,1H3,(H2,10,16)(H2,11,17).